The predicted molar refractivity (Wildman–Crippen MR) is 178 cm³/mol. The Bertz CT molecular complexity index is 2080. The number of thiazole rings is 1. The smallest absolute Gasteiger partial charge is 0.315 e. The van der Waals surface area contributed by atoms with Crippen molar-refractivity contribution in [1.29, 1.82) is 0 Å². The summed E-state index contributed by atoms with van der Waals surface area (Å²) in [7, 11) is 1.94. The maximum Gasteiger partial charge on any atom is 0.315 e. The summed E-state index contributed by atoms with van der Waals surface area (Å²) >= 11 is 2.46. The number of thioether (sulfide) groups is 1. The second-order valence-corrected chi connectivity index (χ2v) is 12.7. The van der Waals surface area contributed by atoms with Crippen LogP contribution in [0, 0.1) is 53.6 Å². The zero-order chi connectivity index (χ0) is 31.5. The van der Waals surface area contributed by atoms with Gasteiger partial charge in [-0.25, -0.2) is 13.3 Å². The minimum Gasteiger partial charge on any atom is -0.493 e. The number of aromatic hydroxyl groups is 1. The van der Waals surface area contributed by atoms with E-state index in [4.69, 9.17) is 6.42 Å². The Morgan fingerprint density at radius 2 is 1.71 bits per heavy atom. The summed E-state index contributed by atoms with van der Waals surface area (Å²) in [4.78, 5) is 16.0. The topological polar surface area (TPSA) is 45.5 Å². The van der Waals surface area contributed by atoms with Crippen molar-refractivity contribution in [2.24, 2.45) is 5.92 Å². The molecule has 6 rings (SSSR count). The summed E-state index contributed by atoms with van der Waals surface area (Å²) < 4.78 is 31.9. The van der Waals surface area contributed by atoms with Crippen LogP contribution in [0.15, 0.2) is 81.1 Å². The first-order chi connectivity index (χ1) is 21.9. The third-order valence-corrected chi connectivity index (χ3v) is 10.1. The summed E-state index contributed by atoms with van der Waals surface area (Å²) in [5.74, 6) is 11.3. The summed E-state index contributed by atoms with van der Waals surface area (Å²) in [6, 6.07) is 17.7. The van der Waals surface area contributed by atoms with Crippen LogP contribution in [0.1, 0.15) is 42.0 Å². The molecule has 0 atom stereocenters. The molecular formula is C37H26F2N2O2S2. The zero-order valence-electron chi connectivity index (χ0n) is 24.2. The lowest BCUT2D eigenvalue weighted by molar-refractivity contribution is 0.372. The van der Waals surface area contributed by atoms with Crippen LogP contribution in [0.4, 0.5) is 14.5 Å². The highest BCUT2D eigenvalue weighted by Crippen LogP contribution is 2.44. The molecule has 45 heavy (non-hydrogen) atoms. The molecular weight excluding hydrogens is 607 g/mol. The van der Waals surface area contributed by atoms with Crippen LogP contribution < -0.4 is 9.77 Å². The summed E-state index contributed by atoms with van der Waals surface area (Å²) in [6.45, 7) is 0. The normalized spacial score (nSPS) is 16.8. The Hall–Kier alpha value is -4.90. The SMILES string of the molecule is C#CC#CC#CC1CCC(c2ccc(-c3ccc(-n4c(O)c(C=C=C5Sc6ccccc6N5C)sc4=O)cc3)c(F)c2F)CC1. The number of benzene rings is 3. The van der Waals surface area contributed by atoms with Gasteiger partial charge in [-0.05, 0) is 90.7 Å². The lowest BCUT2D eigenvalue weighted by Gasteiger charge is -2.26. The van der Waals surface area contributed by atoms with Gasteiger partial charge in [0.25, 0.3) is 0 Å². The van der Waals surface area contributed by atoms with Gasteiger partial charge in [-0.2, -0.15) is 0 Å². The Kier molecular flexibility index (Phi) is 8.70. The molecule has 0 bridgehead atoms. The van der Waals surface area contributed by atoms with Crippen LogP contribution in [0.25, 0.3) is 22.9 Å². The second-order valence-electron chi connectivity index (χ2n) is 10.7. The zero-order valence-corrected chi connectivity index (χ0v) is 25.9. The van der Waals surface area contributed by atoms with Crippen LogP contribution in [0.5, 0.6) is 5.88 Å². The van der Waals surface area contributed by atoms with Crippen molar-refractivity contribution >= 4 is 34.9 Å². The van der Waals surface area contributed by atoms with Gasteiger partial charge in [-0.1, -0.05) is 71.1 Å². The molecule has 222 valence electrons. The van der Waals surface area contributed by atoms with Gasteiger partial charge in [0.05, 0.1) is 11.4 Å². The lowest BCUT2D eigenvalue weighted by atomic mass is 9.78. The van der Waals surface area contributed by atoms with Crippen molar-refractivity contribution in [2.45, 2.75) is 36.5 Å². The number of hydrogen-bond donors (Lipinski definition) is 1. The molecule has 1 aliphatic heterocycles. The second kappa shape index (κ2) is 13.0. The molecule has 2 heterocycles. The molecule has 1 saturated carbocycles. The Morgan fingerprint density at radius 3 is 2.44 bits per heavy atom. The van der Waals surface area contributed by atoms with Crippen molar-refractivity contribution in [1.82, 2.24) is 4.57 Å². The molecule has 0 unspecified atom stereocenters. The maximum absolute atomic E-state index is 15.4. The number of para-hydroxylation sites is 1. The van der Waals surface area contributed by atoms with Gasteiger partial charge in [-0.15, -0.1) is 6.42 Å². The van der Waals surface area contributed by atoms with Crippen molar-refractivity contribution in [3.8, 4) is 58.7 Å². The number of hydrogen-bond acceptors (Lipinski definition) is 5. The molecule has 8 heteroatoms. The molecule has 4 nitrogen and oxygen atoms in total. The van der Waals surface area contributed by atoms with E-state index in [1.54, 1.807) is 54.2 Å². The molecule has 0 amide bonds. The number of halogens is 2. The van der Waals surface area contributed by atoms with Crippen LogP contribution in [-0.2, 0) is 0 Å². The van der Waals surface area contributed by atoms with E-state index in [0.717, 1.165) is 39.8 Å². The molecule has 0 saturated heterocycles. The fourth-order valence-corrected chi connectivity index (χ4v) is 7.50. The minimum absolute atomic E-state index is 0.0823. The van der Waals surface area contributed by atoms with Crippen molar-refractivity contribution in [3.05, 3.63) is 103 Å². The number of rotatable bonds is 4. The molecule has 4 aromatic rings. The highest BCUT2D eigenvalue weighted by atomic mass is 32.2. The molecule has 1 N–H and O–H groups in total. The van der Waals surface area contributed by atoms with E-state index in [9.17, 15) is 9.90 Å². The number of terminal acetylenes is 1. The van der Waals surface area contributed by atoms with E-state index in [1.807, 2.05) is 36.2 Å². The first-order valence-electron chi connectivity index (χ1n) is 14.3. The van der Waals surface area contributed by atoms with Crippen molar-refractivity contribution < 1.29 is 13.9 Å². The van der Waals surface area contributed by atoms with Gasteiger partial charge in [0.15, 0.2) is 11.6 Å². The third kappa shape index (κ3) is 6.08. The van der Waals surface area contributed by atoms with Crippen LogP contribution in [0.2, 0.25) is 0 Å². The maximum atomic E-state index is 15.4. The molecule has 1 fully saturated rings. The average molecular weight is 633 g/mol. The molecule has 1 aliphatic carbocycles. The summed E-state index contributed by atoms with van der Waals surface area (Å²) in [6.07, 6.45) is 9.70. The van der Waals surface area contributed by atoms with Gasteiger partial charge < -0.3 is 10.0 Å². The number of fused-ring (bicyclic) bond motifs is 1. The van der Waals surface area contributed by atoms with E-state index in [1.165, 1.54) is 4.57 Å². The Morgan fingerprint density at radius 1 is 0.956 bits per heavy atom. The third-order valence-electron chi connectivity index (χ3n) is 8.07. The fraction of sp³-hybridized carbons (Fsp3) is 0.189. The molecule has 3 aromatic carbocycles. The lowest BCUT2D eigenvalue weighted by Crippen LogP contribution is -2.14. The van der Waals surface area contributed by atoms with Gasteiger partial charge in [0, 0.05) is 29.5 Å². The van der Waals surface area contributed by atoms with Gasteiger partial charge in [0.2, 0.25) is 5.88 Å². The summed E-state index contributed by atoms with van der Waals surface area (Å²) in [5.41, 5.74) is 5.64. The van der Waals surface area contributed by atoms with Crippen molar-refractivity contribution in [3.63, 3.8) is 0 Å². The molecule has 0 spiro atoms. The quantitative estimate of drug-likeness (QED) is 0.182. The van der Waals surface area contributed by atoms with Gasteiger partial charge >= 0.3 is 4.87 Å². The fourth-order valence-electron chi connectivity index (χ4n) is 5.71. The van der Waals surface area contributed by atoms with E-state index in [0.29, 0.717) is 34.5 Å². The first kappa shape index (κ1) is 30.1. The number of anilines is 1. The van der Waals surface area contributed by atoms with Gasteiger partial charge in [0.1, 0.15) is 9.91 Å². The van der Waals surface area contributed by atoms with Crippen molar-refractivity contribution in [2.75, 3.05) is 11.9 Å². The Labute approximate surface area is 268 Å². The largest absolute Gasteiger partial charge is 0.493 e. The molecule has 1 aromatic heterocycles. The number of nitrogens with zero attached hydrogens (tertiary/aromatic N) is 2. The highest BCUT2D eigenvalue weighted by molar-refractivity contribution is 8.03. The van der Waals surface area contributed by atoms with E-state index in [-0.39, 0.29) is 28.2 Å². The van der Waals surface area contributed by atoms with Crippen LogP contribution in [0.3, 0.4) is 0 Å². The van der Waals surface area contributed by atoms with Crippen LogP contribution >= 0.6 is 23.1 Å². The van der Waals surface area contributed by atoms with Gasteiger partial charge in [-0.3, -0.25) is 4.79 Å². The number of aromatic nitrogens is 1. The summed E-state index contributed by atoms with van der Waals surface area (Å²) in [5, 5.41) is 11.8. The molecule has 2 aliphatic rings. The minimum atomic E-state index is -0.903. The molecule has 0 radical (unpaired) electrons. The average Bonchev–Trinajstić information content (AvgIpc) is 3.53. The Balaban J connectivity index is 1.19. The van der Waals surface area contributed by atoms with Crippen LogP contribution in [-0.4, -0.2) is 16.7 Å². The highest BCUT2D eigenvalue weighted by Gasteiger charge is 2.26. The first-order valence-corrected chi connectivity index (χ1v) is 16.0. The van der Waals surface area contributed by atoms with E-state index < -0.39 is 11.6 Å². The standard InChI is InChI=1S/C37H26F2N2O2S2/c1-3-4-5-6-9-24-12-14-25(15-13-24)28-20-21-29(35(39)34(28)38)26-16-18-27(19-17-26)41-36(42)32(45-37(41)43)22-23-33-40(2)30-10-7-8-11-31(30)44-33/h1,7-8,10-11,16-22,24-25,42H,12-15H2,2H3. The monoisotopic (exact) mass is 632 g/mol. The van der Waals surface area contributed by atoms with E-state index in [2.05, 4.69) is 35.3 Å². The van der Waals surface area contributed by atoms with E-state index >= 15 is 8.78 Å². The predicted octanol–water partition coefficient (Wildman–Crippen LogP) is 8.16.